The van der Waals surface area contributed by atoms with E-state index >= 15 is 0 Å². The number of benzene rings is 2. The lowest BCUT2D eigenvalue weighted by Crippen LogP contribution is -2.48. The summed E-state index contributed by atoms with van der Waals surface area (Å²) in [5.74, 6) is -0.361. The number of carbonyl (C=O) groups is 2. The van der Waals surface area contributed by atoms with E-state index < -0.39 is 16.1 Å². The zero-order valence-electron chi connectivity index (χ0n) is 22.5. The molecule has 2 amide bonds. The van der Waals surface area contributed by atoms with E-state index in [0.717, 1.165) is 35.1 Å². The minimum absolute atomic E-state index is 0.134. The molecule has 0 bridgehead atoms. The summed E-state index contributed by atoms with van der Waals surface area (Å²) < 4.78 is 26.5. The molecule has 0 aromatic heterocycles. The predicted octanol–water partition coefficient (Wildman–Crippen LogP) is 4.49. The highest BCUT2D eigenvalue weighted by Crippen LogP contribution is 2.24. The van der Waals surface area contributed by atoms with Crippen molar-refractivity contribution in [2.45, 2.75) is 72.9 Å². The van der Waals surface area contributed by atoms with Crippen LogP contribution in [0.3, 0.4) is 0 Å². The normalized spacial score (nSPS) is 12.2. The summed E-state index contributed by atoms with van der Waals surface area (Å²) in [5, 5.41) is 2.92. The number of nitrogens with zero attached hydrogens (tertiary/aromatic N) is 2. The van der Waals surface area contributed by atoms with Gasteiger partial charge in [-0.05, 0) is 63.3 Å². The number of carbonyl (C=O) groups excluding carboxylic acids is 2. The Balaban J connectivity index is 2.17. The van der Waals surface area contributed by atoms with Crippen molar-refractivity contribution in [3.05, 3.63) is 64.7 Å². The summed E-state index contributed by atoms with van der Waals surface area (Å²) >= 11 is 0. The molecule has 0 unspecified atom stereocenters. The number of sulfonamides is 1. The third-order valence-corrected chi connectivity index (χ3v) is 7.44. The van der Waals surface area contributed by atoms with Crippen molar-refractivity contribution in [3.8, 4) is 0 Å². The molecule has 1 atom stereocenters. The van der Waals surface area contributed by atoms with Gasteiger partial charge in [-0.2, -0.15) is 0 Å². The maximum absolute atomic E-state index is 13.4. The van der Waals surface area contributed by atoms with E-state index in [2.05, 4.69) is 12.2 Å². The maximum Gasteiger partial charge on any atom is 0.242 e. The molecule has 0 saturated carbocycles. The molecule has 2 aromatic rings. The molecule has 2 rings (SSSR count). The Kier molecular flexibility index (Phi) is 11.0. The highest BCUT2D eigenvalue weighted by molar-refractivity contribution is 7.92. The lowest BCUT2D eigenvalue weighted by Gasteiger charge is -2.29. The van der Waals surface area contributed by atoms with Crippen molar-refractivity contribution >= 4 is 27.5 Å². The van der Waals surface area contributed by atoms with Crippen molar-refractivity contribution in [1.82, 2.24) is 10.2 Å². The first-order valence-corrected chi connectivity index (χ1v) is 14.5. The Morgan fingerprint density at radius 2 is 1.61 bits per heavy atom. The van der Waals surface area contributed by atoms with Gasteiger partial charge in [-0.15, -0.1) is 0 Å². The third kappa shape index (κ3) is 8.66. The molecule has 0 aliphatic carbocycles. The summed E-state index contributed by atoms with van der Waals surface area (Å²) in [7, 11) is -3.53. The zero-order chi connectivity index (χ0) is 26.9. The van der Waals surface area contributed by atoms with Crippen molar-refractivity contribution in [2.75, 3.05) is 23.7 Å². The van der Waals surface area contributed by atoms with Gasteiger partial charge in [0.1, 0.15) is 6.04 Å². The molecule has 0 spiro atoms. The summed E-state index contributed by atoms with van der Waals surface area (Å²) in [6.07, 6.45) is 3.51. The van der Waals surface area contributed by atoms with Crippen LogP contribution in [0.5, 0.6) is 0 Å². The third-order valence-electron chi connectivity index (χ3n) is 6.26. The molecule has 0 aliphatic rings. The van der Waals surface area contributed by atoms with Gasteiger partial charge < -0.3 is 10.2 Å². The van der Waals surface area contributed by atoms with Gasteiger partial charge in [0, 0.05) is 26.1 Å². The van der Waals surface area contributed by atoms with Crippen molar-refractivity contribution in [3.63, 3.8) is 0 Å². The molecular formula is C28H41N3O4S. The average Bonchev–Trinajstić information content (AvgIpc) is 2.82. The minimum Gasteiger partial charge on any atom is -0.354 e. The van der Waals surface area contributed by atoms with E-state index in [1.165, 1.54) is 10.6 Å². The molecule has 198 valence electrons. The van der Waals surface area contributed by atoms with Gasteiger partial charge in [0.15, 0.2) is 0 Å². The summed E-state index contributed by atoms with van der Waals surface area (Å²) in [4.78, 5) is 27.7. The molecule has 1 N–H and O–H groups in total. The molecule has 36 heavy (non-hydrogen) atoms. The number of rotatable bonds is 13. The van der Waals surface area contributed by atoms with Crippen LogP contribution >= 0.6 is 0 Å². The van der Waals surface area contributed by atoms with E-state index in [4.69, 9.17) is 0 Å². The minimum atomic E-state index is -3.53. The van der Waals surface area contributed by atoms with Gasteiger partial charge in [-0.25, -0.2) is 8.42 Å². The Hall–Kier alpha value is -2.87. The van der Waals surface area contributed by atoms with Gasteiger partial charge in [-0.1, -0.05) is 55.3 Å². The molecule has 0 radical (unpaired) electrons. The van der Waals surface area contributed by atoms with Crippen molar-refractivity contribution in [1.29, 1.82) is 0 Å². The summed E-state index contributed by atoms with van der Waals surface area (Å²) in [6.45, 7) is 10.7. The molecule has 0 fully saturated rings. The van der Waals surface area contributed by atoms with Gasteiger partial charge in [-0.3, -0.25) is 13.9 Å². The molecule has 7 nitrogen and oxygen atoms in total. The maximum atomic E-state index is 13.4. The Morgan fingerprint density at radius 3 is 2.22 bits per heavy atom. The number of anilines is 1. The second-order valence-electron chi connectivity index (χ2n) is 9.56. The quantitative estimate of drug-likeness (QED) is 0.398. The molecule has 0 aliphatic heterocycles. The number of unbranched alkanes of at least 4 members (excludes halogenated alkanes) is 1. The highest BCUT2D eigenvalue weighted by atomic mass is 32.2. The Morgan fingerprint density at radius 1 is 0.972 bits per heavy atom. The van der Waals surface area contributed by atoms with Crippen LogP contribution in [-0.4, -0.2) is 50.5 Å². The highest BCUT2D eigenvalue weighted by Gasteiger charge is 2.26. The fraction of sp³-hybridized carbons (Fsp3) is 0.500. The van der Waals surface area contributed by atoms with Gasteiger partial charge in [0.25, 0.3) is 0 Å². The molecule has 2 aromatic carbocycles. The number of amides is 2. The Bertz CT molecular complexity index is 1130. The first kappa shape index (κ1) is 29.4. The van der Waals surface area contributed by atoms with Gasteiger partial charge in [0.2, 0.25) is 21.8 Å². The molecule has 0 saturated heterocycles. The zero-order valence-corrected chi connectivity index (χ0v) is 23.3. The summed E-state index contributed by atoms with van der Waals surface area (Å²) in [6, 6.07) is 12.9. The lowest BCUT2D eigenvalue weighted by molar-refractivity contribution is -0.140. The van der Waals surface area contributed by atoms with Crippen LogP contribution in [0.15, 0.2) is 42.5 Å². The van der Waals surface area contributed by atoms with Crippen LogP contribution in [0.1, 0.15) is 61.8 Å². The van der Waals surface area contributed by atoms with Gasteiger partial charge in [0.05, 0.1) is 11.9 Å². The number of aryl methyl sites for hydroxylation is 3. The van der Waals surface area contributed by atoms with Crippen LogP contribution in [0.4, 0.5) is 5.69 Å². The molecular weight excluding hydrogens is 474 g/mol. The average molecular weight is 516 g/mol. The summed E-state index contributed by atoms with van der Waals surface area (Å²) in [5.41, 5.74) is 4.51. The van der Waals surface area contributed by atoms with Crippen LogP contribution in [0.2, 0.25) is 0 Å². The fourth-order valence-corrected chi connectivity index (χ4v) is 4.99. The van der Waals surface area contributed by atoms with E-state index in [1.807, 2.05) is 63.2 Å². The lowest BCUT2D eigenvalue weighted by atomic mass is 10.1. The smallest absolute Gasteiger partial charge is 0.242 e. The second-order valence-corrected chi connectivity index (χ2v) is 11.5. The fourth-order valence-electron chi connectivity index (χ4n) is 3.98. The van der Waals surface area contributed by atoms with Crippen LogP contribution < -0.4 is 9.62 Å². The second kappa shape index (κ2) is 13.4. The van der Waals surface area contributed by atoms with E-state index in [1.54, 1.807) is 11.8 Å². The number of hydrogen-bond acceptors (Lipinski definition) is 4. The standard InChI is InChI=1S/C28H41N3O4S/c1-7-8-17-29-28(33)24(5)30(20-25-15-12-21(2)13-16-25)27(32)10-9-18-31(36(6,34)35)26-19-22(3)11-14-23(26)4/h11-16,19,24H,7-10,17-18,20H2,1-6H3,(H,29,33)/t24-/m0/s1. The monoisotopic (exact) mass is 515 g/mol. The first-order valence-electron chi connectivity index (χ1n) is 12.6. The van der Waals surface area contributed by atoms with E-state index in [9.17, 15) is 18.0 Å². The van der Waals surface area contributed by atoms with Gasteiger partial charge >= 0.3 is 0 Å². The Labute approximate surface area is 216 Å². The van der Waals surface area contributed by atoms with E-state index in [0.29, 0.717) is 25.2 Å². The van der Waals surface area contributed by atoms with E-state index in [-0.39, 0.29) is 24.8 Å². The predicted molar refractivity (Wildman–Crippen MR) is 146 cm³/mol. The number of nitrogens with one attached hydrogen (secondary N) is 1. The van der Waals surface area contributed by atoms with Crippen molar-refractivity contribution < 1.29 is 18.0 Å². The topological polar surface area (TPSA) is 86.8 Å². The van der Waals surface area contributed by atoms with Crippen molar-refractivity contribution in [2.24, 2.45) is 0 Å². The molecule has 8 heteroatoms. The molecule has 0 heterocycles. The SMILES string of the molecule is CCCCNC(=O)[C@H](C)N(Cc1ccc(C)cc1)C(=O)CCCN(c1cc(C)ccc1C)S(C)(=O)=O. The van der Waals surface area contributed by atoms with Crippen LogP contribution in [-0.2, 0) is 26.2 Å². The number of hydrogen-bond donors (Lipinski definition) is 1. The largest absolute Gasteiger partial charge is 0.354 e. The van der Waals surface area contributed by atoms with Crippen LogP contribution in [0.25, 0.3) is 0 Å². The van der Waals surface area contributed by atoms with Crippen LogP contribution in [0, 0.1) is 20.8 Å². The first-order chi connectivity index (χ1) is 16.9.